The van der Waals surface area contributed by atoms with Crippen molar-refractivity contribution in [1.29, 1.82) is 0 Å². The van der Waals surface area contributed by atoms with E-state index in [4.69, 9.17) is 14.2 Å². The van der Waals surface area contributed by atoms with Crippen LogP contribution in [0.3, 0.4) is 0 Å². The molecule has 18 nitrogen and oxygen atoms in total. The standard InChI is InChI=1S/C20H23NO8.C15H12O8.C5H11N/c1-3-21(4-2)9-28-20-18(27)16-12(23)7-11(22)8-15(16)29-19(20)10-5-13(24)17(26)14(25)6-10;16-6-3-7(17)11-10(4-6)23-15(14(22)13(11)21)5-1-8(18)12(20)9(19)2-5;1-2-4-6-5-3-1/h5-8,19-20,22-26H,3-4,9H2,1-2H3;1-4,14-20,22H;6H,1-5H2/t19-,20+;14-,15+;/m10./s1. The third kappa shape index (κ3) is 9.26. The van der Waals surface area contributed by atoms with Crippen LogP contribution >= 0.6 is 0 Å². The van der Waals surface area contributed by atoms with Gasteiger partial charge in [-0.2, -0.15) is 0 Å². The first kappa shape index (κ1) is 42.8. The van der Waals surface area contributed by atoms with Gasteiger partial charge in [-0.3, -0.25) is 14.5 Å². The monoisotopic (exact) mass is 810 g/mol. The molecule has 3 aliphatic heterocycles. The number of aromatic hydroxyl groups is 8. The molecule has 58 heavy (non-hydrogen) atoms. The highest BCUT2D eigenvalue weighted by molar-refractivity contribution is 6.06. The van der Waals surface area contributed by atoms with Crippen molar-refractivity contribution in [2.75, 3.05) is 32.9 Å². The summed E-state index contributed by atoms with van der Waals surface area (Å²) in [5.74, 6) is -8.28. The number of phenols is 8. The number of nitrogens with two attached hydrogens (primary N) is 1. The molecule has 0 unspecified atom stereocenters. The molecule has 4 aromatic carbocycles. The van der Waals surface area contributed by atoms with Crippen LogP contribution in [-0.2, 0) is 4.74 Å². The van der Waals surface area contributed by atoms with E-state index in [2.05, 4.69) is 5.32 Å². The van der Waals surface area contributed by atoms with Gasteiger partial charge in [0, 0.05) is 35.4 Å². The molecular formula is C40H46N2O16. The summed E-state index contributed by atoms with van der Waals surface area (Å²) in [4.78, 5) is 27.2. The number of hydrogen-bond donors (Lipinski definition) is 10. The predicted octanol–water partition coefficient (Wildman–Crippen LogP) is 1.69. The van der Waals surface area contributed by atoms with Gasteiger partial charge in [0.25, 0.3) is 0 Å². The maximum atomic E-state index is 13.1. The van der Waals surface area contributed by atoms with E-state index in [1.807, 2.05) is 18.7 Å². The molecule has 7 rings (SSSR count). The first-order chi connectivity index (χ1) is 27.6. The summed E-state index contributed by atoms with van der Waals surface area (Å²) in [7, 11) is 0. The van der Waals surface area contributed by atoms with Crippen LogP contribution in [-0.4, -0.2) is 108 Å². The molecule has 0 saturated carbocycles. The van der Waals surface area contributed by atoms with Gasteiger partial charge < -0.3 is 75.7 Å². The lowest BCUT2D eigenvalue weighted by Gasteiger charge is -2.34. The minimum absolute atomic E-state index is 0. The number of quaternary nitrogens is 1. The van der Waals surface area contributed by atoms with Crippen LogP contribution in [0, 0.1) is 0 Å². The van der Waals surface area contributed by atoms with E-state index < -0.39 is 82.0 Å². The van der Waals surface area contributed by atoms with E-state index in [0.29, 0.717) is 13.1 Å². The number of fused-ring (bicyclic) bond motifs is 2. The molecule has 4 aromatic rings. The van der Waals surface area contributed by atoms with Gasteiger partial charge in [0.15, 0.2) is 24.4 Å². The molecule has 0 spiro atoms. The van der Waals surface area contributed by atoms with Crippen LogP contribution in [0.2, 0.25) is 0 Å². The van der Waals surface area contributed by atoms with Crippen molar-refractivity contribution >= 4 is 11.6 Å². The SMILES string of the molecule is C1CC[NH2+]CC1.CCN(CC)CO[C@H]1C(=O)c2c(O)cc(O)cc2O[C@@H]1c1cc(O)c([O-])c(O)c1.O=C1c2c(O)cc(O)cc2O[C@H](c2cc(O)c([O-])c(O)c2)[C@H]1O.[H+]. The molecular weight excluding hydrogens is 764 g/mol. The quantitative estimate of drug-likeness (QED) is 0.119. The average molecular weight is 811 g/mol. The van der Waals surface area contributed by atoms with Gasteiger partial charge in [0.1, 0.15) is 75.4 Å². The van der Waals surface area contributed by atoms with Crippen molar-refractivity contribution in [2.24, 2.45) is 0 Å². The first-order valence-corrected chi connectivity index (χ1v) is 18.4. The Balaban J connectivity index is 0.000000228. The molecule has 0 aliphatic carbocycles. The summed E-state index contributed by atoms with van der Waals surface area (Å²) in [5, 5.41) is 113. The molecule has 4 atom stereocenters. The molecule has 1 saturated heterocycles. The second-order valence-corrected chi connectivity index (χ2v) is 13.6. The highest BCUT2D eigenvalue weighted by Gasteiger charge is 2.42. The van der Waals surface area contributed by atoms with Crippen molar-refractivity contribution in [1.82, 2.24) is 4.90 Å². The Morgan fingerprint density at radius 2 is 1.09 bits per heavy atom. The summed E-state index contributed by atoms with van der Waals surface area (Å²) >= 11 is 0. The number of ether oxygens (including phenoxy) is 3. The van der Waals surface area contributed by atoms with Crippen molar-refractivity contribution < 1.29 is 86.7 Å². The normalized spacial score (nSPS) is 19.7. The largest absolute Gasteiger partial charge is 1.00 e. The van der Waals surface area contributed by atoms with Gasteiger partial charge in [-0.15, -0.1) is 0 Å². The molecule has 0 amide bonds. The molecule has 0 radical (unpaired) electrons. The lowest BCUT2D eigenvalue weighted by Crippen LogP contribution is -2.85. The summed E-state index contributed by atoms with van der Waals surface area (Å²) in [6, 6.07) is 8.27. The second-order valence-electron chi connectivity index (χ2n) is 13.6. The van der Waals surface area contributed by atoms with Gasteiger partial charge in [-0.25, -0.2) is 0 Å². The van der Waals surface area contributed by atoms with Gasteiger partial charge >= 0.3 is 1.43 Å². The number of piperidine rings is 1. The van der Waals surface area contributed by atoms with Crippen LogP contribution in [0.4, 0.5) is 0 Å². The molecule has 0 bridgehead atoms. The zero-order valence-electron chi connectivity index (χ0n) is 32.5. The topological polar surface area (TPSA) is 310 Å². The number of nitrogens with zero attached hydrogens (tertiary/aromatic N) is 1. The average Bonchev–Trinajstić information content (AvgIpc) is 3.18. The first-order valence-electron chi connectivity index (χ1n) is 18.4. The Kier molecular flexibility index (Phi) is 13.5. The second kappa shape index (κ2) is 18.3. The fourth-order valence-corrected chi connectivity index (χ4v) is 6.53. The van der Waals surface area contributed by atoms with Crippen LogP contribution in [0.5, 0.6) is 69.0 Å². The van der Waals surface area contributed by atoms with Crippen molar-refractivity contribution in [3.05, 3.63) is 70.8 Å². The number of carbonyl (C=O) groups is 2. The third-order valence-electron chi connectivity index (χ3n) is 9.67. The zero-order valence-corrected chi connectivity index (χ0v) is 31.5. The lowest BCUT2D eigenvalue weighted by molar-refractivity contribution is -0.662. The smallest absolute Gasteiger partial charge is 0.867 e. The molecule has 18 heteroatoms. The summed E-state index contributed by atoms with van der Waals surface area (Å²) in [6.07, 6.45) is -1.09. The predicted molar refractivity (Wildman–Crippen MR) is 199 cm³/mol. The van der Waals surface area contributed by atoms with E-state index in [0.717, 1.165) is 42.5 Å². The number of Topliss-reactive ketones (excluding diaryl/α,β-unsaturated/α-hetero) is 2. The Morgan fingerprint density at radius 1 is 0.655 bits per heavy atom. The van der Waals surface area contributed by atoms with Crippen molar-refractivity contribution in [3.63, 3.8) is 0 Å². The Morgan fingerprint density at radius 3 is 1.50 bits per heavy atom. The third-order valence-corrected chi connectivity index (χ3v) is 9.67. The maximum Gasteiger partial charge on any atom is 1.00 e. The summed E-state index contributed by atoms with van der Waals surface area (Å²) < 4.78 is 17.0. The van der Waals surface area contributed by atoms with E-state index >= 15 is 0 Å². The number of phenolic OH excluding ortho intramolecular Hbond substituents is 8. The molecule has 312 valence electrons. The van der Waals surface area contributed by atoms with Gasteiger partial charge in [-0.1, -0.05) is 13.8 Å². The van der Waals surface area contributed by atoms with Crippen LogP contribution in [0.25, 0.3) is 0 Å². The molecule has 0 aromatic heterocycles. The van der Waals surface area contributed by atoms with Crippen LogP contribution in [0.15, 0.2) is 48.5 Å². The van der Waals surface area contributed by atoms with E-state index in [-0.39, 0.29) is 53.4 Å². The van der Waals surface area contributed by atoms with E-state index in [1.54, 1.807) is 0 Å². The number of aliphatic hydroxyl groups is 1. The van der Waals surface area contributed by atoms with Crippen molar-refractivity contribution in [3.8, 4) is 69.0 Å². The van der Waals surface area contributed by atoms with Crippen LogP contribution < -0.4 is 25.0 Å². The summed E-state index contributed by atoms with van der Waals surface area (Å²) in [5.41, 5.74) is -0.321. The number of aliphatic hydroxyl groups excluding tert-OH is 1. The number of carbonyl (C=O) groups excluding carboxylic acids is 2. The molecule has 3 aliphatic rings. The highest BCUT2D eigenvalue weighted by Crippen LogP contribution is 2.46. The number of benzene rings is 4. The minimum atomic E-state index is -1.74. The van der Waals surface area contributed by atoms with Crippen molar-refractivity contribution in [2.45, 2.75) is 57.5 Å². The fraction of sp³-hybridized carbons (Fsp3) is 0.350. The molecule has 11 N–H and O–H groups in total. The lowest BCUT2D eigenvalue weighted by atomic mass is 9.92. The molecule has 1 fully saturated rings. The molecule has 3 heterocycles. The van der Waals surface area contributed by atoms with Gasteiger partial charge in [0.05, 0.1) is 13.1 Å². The Labute approximate surface area is 333 Å². The zero-order chi connectivity index (χ0) is 42.4. The summed E-state index contributed by atoms with van der Waals surface area (Å²) in [6.45, 7) is 8.04. The van der Waals surface area contributed by atoms with Gasteiger partial charge in [-0.05, 0) is 68.1 Å². The van der Waals surface area contributed by atoms with Gasteiger partial charge in [0.2, 0.25) is 11.6 Å². The maximum absolute atomic E-state index is 13.1. The Bertz CT molecular complexity index is 2080. The minimum Gasteiger partial charge on any atom is -0.867 e. The fourth-order valence-electron chi connectivity index (χ4n) is 6.53. The highest BCUT2D eigenvalue weighted by atomic mass is 16.6. The number of rotatable bonds is 7. The van der Waals surface area contributed by atoms with E-state index in [9.17, 15) is 65.8 Å². The van der Waals surface area contributed by atoms with E-state index in [1.165, 1.54) is 38.4 Å². The number of ketones is 2. The number of hydrogen-bond acceptors (Lipinski definition) is 17. The van der Waals surface area contributed by atoms with Crippen LogP contribution in [0.1, 0.15) is 78.6 Å². The Hall–Kier alpha value is -6.34.